The molecule has 1 aliphatic heterocycles. The summed E-state index contributed by atoms with van der Waals surface area (Å²) >= 11 is 0. The Bertz CT molecular complexity index is 225. The summed E-state index contributed by atoms with van der Waals surface area (Å²) in [6, 6.07) is 0.238. The maximum absolute atomic E-state index is 11.7. The summed E-state index contributed by atoms with van der Waals surface area (Å²) in [5.41, 5.74) is 0. The molecular formula is C13H27N3O. The number of nitrogens with zero attached hydrogens (tertiary/aromatic N) is 1. The van der Waals surface area contributed by atoms with Crippen molar-refractivity contribution in [1.29, 1.82) is 0 Å². The highest BCUT2D eigenvalue weighted by molar-refractivity contribution is 5.76. The monoisotopic (exact) mass is 241 g/mol. The van der Waals surface area contributed by atoms with E-state index >= 15 is 0 Å². The Morgan fingerprint density at radius 3 is 2.88 bits per heavy atom. The second-order valence-corrected chi connectivity index (χ2v) is 5.48. The van der Waals surface area contributed by atoms with Crippen LogP contribution in [0.25, 0.3) is 0 Å². The van der Waals surface area contributed by atoms with Gasteiger partial charge < -0.3 is 15.5 Å². The Labute approximate surface area is 105 Å². The molecule has 0 saturated carbocycles. The Kier molecular flexibility index (Phi) is 6.52. The smallest absolute Gasteiger partial charge is 0.220 e. The molecule has 0 bridgehead atoms. The fourth-order valence-corrected chi connectivity index (χ4v) is 2.45. The number of carbonyl (C=O) groups is 1. The van der Waals surface area contributed by atoms with Crippen molar-refractivity contribution in [3.05, 3.63) is 0 Å². The zero-order chi connectivity index (χ0) is 12.7. The van der Waals surface area contributed by atoms with Crippen molar-refractivity contribution >= 4 is 5.91 Å². The van der Waals surface area contributed by atoms with Crippen molar-refractivity contribution in [2.75, 3.05) is 33.7 Å². The zero-order valence-electron chi connectivity index (χ0n) is 11.5. The molecule has 1 saturated heterocycles. The van der Waals surface area contributed by atoms with Gasteiger partial charge in [0, 0.05) is 19.0 Å². The molecular weight excluding hydrogens is 214 g/mol. The van der Waals surface area contributed by atoms with Gasteiger partial charge in [0.25, 0.3) is 0 Å². The molecule has 1 rings (SSSR count). The van der Waals surface area contributed by atoms with Crippen molar-refractivity contribution < 1.29 is 4.79 Å². The lowest BCUT2D eigenvalue weighted by Gasteiger charge is -2.23. The first kappa shape index (κ1) is 14.5. The van der Waals surface area contributed by atoms with Crippen LogP contribution in [0.3, 0.4) is 0 Å². The summed E-state index contributed by atoms with van der Waals surface area (Å²) in [5, 5.41) is 6.44. The van der Waals surface area contributed by atoms with E-state index in [0.29, 0.717) is 12.3 Å². The predicted molar refractivity (Wildman–Crippen MR) is 71.0 cm³/mol. The highest BCUT2D eigenvalue weighted by Gasteiger charge is 2.15. The number of rotatable bonds is 6. The summed E-state index contributed by atoms with van der Waals surface area (Å²) in [6.07, 6.45) is 4.22. The fraction of sp³-hybridized carbons (Fsp3) is 0.923. The van der Waals surface area contributed by atoms with Gasteiger partial charge in [-0.1, -0.05) is 0 Å². The molecule has 2 atom stereocenters. The molecule has 1 aliphatic rings. The first-order chi connectivity index (χ1) is 8.08. The van der Waals surface area contributed by atoms with Gasteiger partial charge in [0.2, 0.25) is 5.91 Å². The van der Waals surface area contributed by atoms with Gasteiger partial charge in [0.15, 0.2) is 0 Å². The van der Waals surface area contributed by atoms with Crippen molar-refractivity contribution in [3.63, 3.8) is 0 Å². The Morgan fingerprint density at radius 1 is 1.53 bits per heavy atom. The van der Waals surface area contributed by atoms with Gasteiger partial charge in [-0.15, -0.1) is 0 Å². The summed E-state index contributed by atoms with van der Waals surface area (Å²) in [7, 11) is 4.05. The highest BCUT2D eigenvalue weighted by atomic mass is 16.1. The minimum Gasteiger partial charge on any atom is -0.352 e. The van der Waals surface area contributed by atoms with Crippen LogP contribution in [0, 0.1) is 5.92 Å². The Hall–Kier alpha value is -0.610. The largest absolute Gasteiger partial charge is 0.352 e. The summed E-state index contributed by atoms with van der Waals surface area (Å²) in [4.78, 5) is 13.8. The van der Waals surface area contributed by atoms with Crippen molar-refractivity contribution in [1.82, 2.24) is 15.5 Å². The van der Waals surface area contributed by atoms with E-state index in [1.807, 2.05) is 14.1 Å². The van der Waals surface area contributed by atoms with Crippen LogP contribution in [0.15, 0.2) is 0 Å². The van der Waals surface area contributed by atoms with E-state index in [1.165, 1.54) is 12.8 Å². The minimum absolute atomic E-state index is 0.199. The molecule has 4 heteroatoms. The number of carbonyl (C=O) groups excluding carboxylic acids is 1. The maximum atomic E-state index is 11.7. The molecule has 0 spiro atoms. The van der Waals surface area contributed by atoms with Crippen molar-refractivity contribution in [2.24, 2.45) is 5.92 Å². The number of hydrogen-bond acceptors (Lipinski definition) is 3. The zero-order valence-corrected chi connectivity index (χ0v) is 11.5. The molecule has 0 aliphatic carbocycles. The van der Waals surface area contributed by atoms with Crippen LogP contribution in [0.5, 0.6) is 0 Å². The number of nitrogens with one attached hydrogen (secondary N) is 2. The fourth-order valence-electron chi connectivity index (χ4n) is 2.45. The average molecular weight is 241 g/mol. The molecule has 1 amide bonds. The van der Waals surface area contributed by atoms with Gasteiger partial charge in [-0.05, 0) is 59.3 Å². The van der Waals surface area contributed by atoms with Crippen LogP contribution in [-0.4, -0.2) is 50.6 Å². The van der Waals surface area contributed by atoms with Gasteiger partial charge in [0.1, 0.15) is 0 Å². The Balaban J connectivity index is 2.11. The lowest BCUT2D eigenvalue weighted by atomic mass is 9.94. The van der Waals surface area contributed by atoms with Gasteiger partial charge in [0.05, 0.1) is 0 Å². The molecule has 1 heterocycles. The topological polar surface area (TPSA) is 44.4 Å². The predicted octanol–water partition coefficient (Wildman–Crippen LogP) is 0.833. The molecule has 0 aromatic heterocycles. The first-order valence-corrected chi connectivity index (χ1v) is 6.72. The lowest BCUT2D eigenvalue weighted by Crippen LogP contribution is -2.40. The van der Waals surface area contributed by atoms with Gasteiger partial charge in [-0.3, -0.25) is 4.79 Å². The summed E-state index contributed by atoms with van der Waals surface area (Å²) in [6.45, 7) is 5.18. The highest BCUT2D eigenvalue weighted by Crippen LogP contribution is 2.15. The van der Waals surface area contributed by atoms with E-state index in [9.17, 15) is 4.79 Å². The second kappa shape index (κ2) is 7.67. The number of piperidine rings is 1. The molecule has 1 fully saturated rings. The second-order valence-electron chi connectivity index (χ2n) is 5.48. The number of hydrogen-bond donors (Lipinski definition) is 2. The SMILES string of the molecule is CC(CN(C)C)NC(=O)CCC1CCCNC1. The molecule has 0 aromatic rings. The molecule has 4 nitrogen and oxygen atoms in total. The number of likely N-dealkylation sites (N-methyl/N-ethyl adjacent to an activating group) is 1. The van der Waals surface area contributed by atoms with Gasteiger partial charge in [-0.25, -0.2) is 0 Å². The van der Waals surface area contributed by atoms with E-state index in [2.05, 4.69) is 22.5 Å². The minimum atomic E-state index is 0.199. The Morgan fingerprint density at radius 2 is 2.29 bits per heavy atom. The lowest BCUT2D eigenvalue weighted by molar-refractivity contribution is -0.122. The van der Waals surface area contributed by atoms with Gasteiger partial charge in [-0.2, -0.15) is 0 Å². The van der Waals surface area contributed by atoms with E-state index in [4.69, 9.17) is 0 Å². The molecule has 2 unspecified atom stereocenters. The third-order valence-corrected chi connectivity index (χ3v) is 3.22. The molecule has 100 valence electrons. The average Bonchev–Trinajstić information content (AvgIpc) is 2.26. The van der Waals surface area contributed by atoms with Crippen molar-refractivity contribution in [2.45, 2.75) is 38.6 Å². The quantitative estimate of drug-likeness (QED) is 0.724. The van der Waals surface area contributed by atoms with Crippen LogP contribution >= 0.6 is 0 Å². The van der Waals surface area contributed by atoms with Crippen LogP contribution in [0.2, 0.25) is 0 Å². The third-order valence-electron chi connectivity index (χ3n) is 3.22. The van der Waals surface area contributed by atoms with Crippen LogP contribution in [0.1, 0.15) is 32.6 Å². The van der Waals surface area contributed by atoms with Crippen LogP contribution < -0.4 is 10.6 Å². The summed E-state index contributed by atoms with van der Waals surface area (Å²) in [5.74, 6) is 0.892. The molecule has 2 N–H and O–H groups in total. The van der Waals surface area contributed by atoms with Crippen LogP contribution in [-0.2, 0) is 4.79 Å². The molecule has 17 heavy (non-hydrogen) atoms. The number of amides is 1. The van der Waals surface area contributed by atoms with E-state index in [0.717, 1.165) is 26.1 Å². The van der Waals surface area contributed by atoms with Crippen molar-refractivity contribution in [3.8, 4) is 0 Å². The standard InChI is InChI=1S/C13H27N3O/c1-11(10-16(2)3)15-13(17)7-6-12-5-4-8-14-9-12/h11-12,14H,4-10H2,1-3H3,(H,15,17). The van der Waals surface area contributed by atoms with E-state index in [1.54, 1.807) is 0 Å². The van der Waals surface area contributed by atoms with Crippen LogP contribution in [0.4, 0.5) is 0 Å². The first-order valence-electron chi connectivity index (χ1n) is 6.72. The normalized spacial score (nSPS) is 22.5. The van der Waals surface area contributed by atoms with E-state index < -0.39 is 0 Å². The molecule has 0 aromatic carbocycles. The molecule has 0 radical (unpaired) electrons. The third kappa shape index (κ3) is 6.64. The maximum Gasteiger partial charge on any atom is 0.220 e. The van der Waals surface area contributed by atoms with E-state index in [-0.39, 0.29) is 11.9 Å². The van der Waals surface area contributed by atoms with Gasteiger partial charge >= 0.3 is 0 Å². The summed E-state index contributed by atoms with van der Waals surface area (Å²) < 4.78 is 0.